The number of rotatable bonds is 2. The topological polar surface area (TPSA) is 64.6 Å². The molecule has 8 heteroatoms. The Kier molecular flexibility index (Phi) is 5.55. The SMILES string of the molecule is CC(C)(C)OC(=O)N[C@H]1[C@H](F)C(=C=O)CO[C@@H]1c1cc(F)ccc1F. The summed E-state index contributed by atoms with van der Waals surface area (Å²) in [4.78, 5) is 22.8. The summed E-state index contributed by atoms with van der Waals surface area (Å²) < 4.78 is 52.5. The van der Waals surface area contributed by atoms with Crippen LogP contribution in [0.1, 0.15) is 32.4 Å². The number of alkyl halides is 1. The summed E-state index contributed by atoms with van der Waals surface area (Å²) in [6.45, 7) is 4.38. The standard InChI is InChI=1S/C17H18F3NO4/c1-17(2,3)25-16(23)21-14-13(20)9(7-22)8-24-15(14)11-6-10(18)4-5-12(11)19/h4-6,13-15H,8H2,1-3H3,(H,21,23)/t13-,14+,15-/m1/s1. The minimum atomic E-state index is -1.98. The van der Waals surface area contributed by atoms with E-state index in [9.17, 15) is 22.8 Å². The highest BCUT2D eigenvalue weighted by Crippen LogP contribution is 2.34. The van der Waals surface area contributed by atoms with Crippen molar-refractivity contribution in [3.05, 3.63) is 41.0 Å². The van der Waals surface area contributed by atoms with Crippen molar-refractivity contribution in [2.75, 3.05) is 6.61 Å². The molecule has 1 fully saturated rings. The maximum atomic E-state index is 14.6. The molecule has 0 aromatic heterocycles. The van der Waals surface area contributed by atoms with Crippen LogP contribution in [0.15, 0.2) is 23.8 Å². The predicted molar refractivity (Wildman–Crippen MR) is 82.3 cm³/mol. The molecule has 0 bridgehead atoms. The normalized spacial score (nSPS) is 23.8. The molecule has 1 aliphatic heterocycles. The molecule has 136 valence electrons. The second-order valence-electron chi connectivity index (χ2n) is 6.60. The van der Waals surface area contributed by atoms with Gasteiger partial charge in [-0.1, -0.05) is 0 Å². The molecule has 2 rings (SSSR count). The van der Waals surface area contributed by atoms with Gasteiger partial charge in [0, 0.05) is 5.56 Å². The molecular weight excluding hydrogens is 339 g/mol. The second-order valence-corrected chi connectivity index (χ2v) is 6.60. The van der Waals surface area contributed by atoms with Gasteiger partial charge in [-0.25, -0.2) is 22.8 Å². The number of benzene rings is 1. The van der Waals surface area contributed by atoms with Crippen LogP contribution in [0.5, 0.6) is 0 Å². The molecule has 1 N–H and O–H groups in total. The molecule has 1 aliphatic rings. The van der Waals surface area contributed by atoms with Crippen LogP contribution < -0.4 is 5.32 Å². The largest absolute Gasteiger partial charge is 0.444 e. The number of carbonyl (C=O) groups is 1. The quantitative estimate of drug-likeness (QED) is 0.827. The van der Waals surface area contributed by atoms with Gasteiger partial charge in [0.2, 0.25) is 0 Å². The van der Waals surface area contributed by atoms with Crippen LogP contribution in [0.3, 0.4) is 0 Å². The van der Waals surface area contributed by atoms with E-state index < -0.39 is 48.3 Å². The molecule has 25 heavy (non-hydrogen) atoms. The van der Waals surface area contributed by atoms with Crippen molar-refractivity contribution in [3.8, 4) is 0 Å². The second kappa shape index (κ2) is 7.29. The maximum Gasteiger partial charge on any atom is 0.408 e. The lowest BCUT2D eigenvalue weighted by Gasteiger charge is -2.35. The van der Waals surface area contributed by atoms with Gasteiger partial charge in [0.15, 0.2) is 6.17 Å². The van der Waals surface area contributed by atoms with Crippen molar-refractivity contribution >= 4 is 12.0 Å². The third-order valence-electron chi connectivity index (χ3n) is 3.47. The highest BCUT2D eigenvalue weighted by atomic mass is 19.1. The molecule has 0 unspecified atom stereocenters. The Bertz CT molecular complexity index is 710. The van der Waals surface area contributed by atoms with Crippen LogP contribution in [-0.4, -0.2) is 36.5 Å². The van der Waals surface area contributed by atoms with Crippen LogP contribution in [0, 0.1) is 11.6 Å². The molecule has 1 heterocycles. The fourth-order valence-electron chi connectivity index (χ4n) is 2.43. The van der Waals surface area contributed by atoms with Gasteiger partial charge < -0.3 is 14.8 Å². The number of halogens is 3. The molecule has 0 saturated carbocycles. The minimum Gasteiger partial charge on any atom is -0.444 e. The van der Waals surface area contributed by atoms with Gasteiger partial charge in [-0.05, 0) is 39.0 Å². The zero-order valence-electron chi connectivity index (χ0n) is 13.9. The third kappa shape index (κ3) is 4.61. The summed E-state index contributed by atoms with van der Waals surface area (Å²) in [6, 6.07) is 1.15. The fraction of sp³-hybridized carbons (Fsp3) is 0.471. The van der Waals surface area contributed by atoms with Crippen LogP contribution >= 0.6 is 0 Å². The lowest BCUT2D eigenvalue weighted by molar-refractivity contribution is -0.0219. The number of alkyl carbamates (subject to hydrolysis) is 1. The summed E-state index contributed by atoms with van der Waals surface area (Å²) in [7, 11) is 0. The van der Waals surface area contributed by atoms with E-state index in [0.29, 0.717) is 0 Å². The van der Waals surface area contributed by atoms with Crippen LogP contribution in [0.4, 0.5) is 18.0 Å². The van der Waals surface area contributed by atoms with E-state index in [1.54, 1.807) is 20.8 Å². The van der Waals surface area contributed by atoms with Crippen LogP contribution in [0.2, 0.25) is 0 Å². The Hall–Kier alpha value is -2.31. The summed E-state index contributed by atoms with van der Waals surface area (Å²) in [5, 5.41) is 2.23. The number of nitrogens with one attached hydrogen (secondary N) is 1. The van der Waals surface area contributed by atoms with Gasteiger partial charge in [-0.2, -0.15) is 0 Å². The Morgan fingerprint density at radius 3 is 2.64 bits per heavy atom. The molecule has 0 spiro atoms. The van der Waals surface area contributed by atoms with E-state index in [-0.39, 0.29) is 11.1 Å². The van der Waals surface area contributed by atoms with Gasteiger partial charge in [0.25, 0.3) is 0 Å². The number of amides is 1. The van der Waals surface area contributed by atoms with Crippen molar-refractivity contribution in [2.45, 2.75) is 44.7 Å². The summed E-state index contributed by atoms with van der Waals surface area (Å²) in [5.41, 5.74) is -1.49. The first-order valence-corrected chi connectivity index (χ1v) is 7.56. The first-order chi connectivity index (χ1) is 11.6. The lowest BCUT2D eigenvalue weighted by Crippen LogP contribution is -2.52. The summed E-state index contributed by atoms with van der Waals surface area (Å²) in [6.07, 6.45) is -4.29. The van der Waals surface area contributed by atoms with E-state index in [1.807, 2.05) is 0 Å². The van der Waals surface area contributed by atoms with E-state index >= 15 is 0 Å². The molecule has 1 aromatic carbocycles. The first kappa shape index (κ1) is 19.0. The number of hydrogen-bond donors (Lipinski definition) is 1. The summed E-state index contributed by atoms with van der Waals surface area (Å²) >= 11 is 0. The van der Waals surface area contributed by atoms with Crippen molar-refractivity contribution in [2.24, 2.45) is 0 Å². The average molecular weight is 357 g/mol. The Labute approximate surface area is 142 Å². The first-order valence-electron chi connectivity index (χ1n) is 7.56. The molecule has 3 atom stereocenters. The molecule has 0 aliphatic carbocycles. The monoisotopic (exact) mass is 357 g/mol. The van der Waals surface area contributed by atoms with E-state index in [2.05, 4.69) is 5.32 Å². The van der Waals surface area contributed by atoms with Gasteiger partial charge in [-0.3, -0.25) is 0 Å². The van der Waals surface area contributed by atoms with Gasteiger partial charge in [-0.15, -0.1) is 0 Å². The van der Waals surface area contributed by atoms with Gasteiger partial charge >= 0.3 is 6.09 Å². The maximum absolute atomic E-state index is 14.6. The zero-order chi connectivity index (χ0) is 18.8. The molecular formula is C17H18F3NO4. The smallest absolute Gasteiger partial charge is 0.408 e. The lowest BCUT2D eigenvalue weighted by atomic mass is 9.92. The van der Waals surface area contributed by atoms with Crippen LogP contribution in [-0.2, 0) is 14.3 Å². The number of hydrogen-bond acceptors (Lipinski definition) is 4. The molecule has 1 amide bonds. The number of carbonyl (C=O) groups excluding carboxylic acids is 2. The Morgan fingerprint density at radius 1 is 1.36 bits per heavy atom. The van der Waals surface area contributed by atoms with Gasteiger partial charge in [0.05, 0.1) is 18.2 Å². The van der Waals surface area contributed by atoms with Gasteiger partial charge in [0.1, 0.15) is 29.3 Å². The Balaban J connectivity index is 2.34. The van der Waals surface area contributed by atoms with E-state index in [1.165, 1.54) is 5.94 Å². The third-order valence-corrected chi connectivity index (χ3v) is 3.47. The predicted octanol–water partition coefficient (Wildman–Crippen LogP) is 3.03. The minimum absolute atomic E-state index is 0.270. The molecule has 0 radical (unpaired) electrons. The van der Waals surface area contributed by atoms with Crippen molar-refractivity contribution in [3.63, 3.8) is 0 Å². The Morgan fingerprint density at radius 2 is 2.04 bits per heavy atom. The highest BCUT2D eigenvalue weighted by molar-refractivity contribution is 5.69. The van der Waals surface area contributed by atoms with Crippen molar-refractivity contribution in [1.29, 1.82) is 0 Å². The van der Waals surface area contributed by atoms with E-state index in [4.69, 9.17) is 9.47 Å². The highest BCUT2D eigenvalue weighted by Gasteiger charge is 2.42. The zero-order valence-corrected chi connectivity index (χ0v) is 13.9. The summed E-state index contributed by atoms with van der Waals surface area (Å²) in [5.74, 6) is -0.163. The number of ether oxygens (including phenoxy) is 2. The van der Waals surface area contributed by atoms with Crippen molar-refractivity contribution in [1.82, 2.24) is 5.32 Å². The molecule has 5 nitrogen and oxygen atoms in total. The molecule has 1 aromatic rings. The molecule has 1 saturated heterocycles. The van der Waals surface area contributed by atoms with E-state index in [0.717, 1.165) is 18.2 Å². The average Bonchev–Trinajstić information content (AvgIpc) is 2.50. The fourth-order valence-corrected chi connectivity index (χ4v) is 2.43. The van der Waals surface area contributed by atoms with Crippen molar-refractivity contribution < 1.29 is 32.2 Å². The van der Waals surface area contributed by atoms with Crippen LogP contribution in [0.25, 0.3) is 0 Å².